The summed E-state index contributed by atoms with van der Waals surface area (Å²) in [5.41, 5.74) is 0.0318. The number of aromatic carboxylic acids is 1. The zero-order chi connectivity index (χ0) is 32.5. The normalized spacial score (nSPS) is 40.7. The van der Waals surface area contributed by atoms with Gasteiger partial charge in [-0.05, 0) is 122 Å². The fourth-order valence-corrected chi connectivity index (χ4v) is 10.2. The maximum Gasteiger partial charge on any atom is 0.339 e. The standard InChI is InChI=1S/C38H54O6/c1-23(2)29(44-30-12-10-9-11-25(30)32(40)41)14-15-36(6)24(3)13-16-38(8)31(36)28(39)21-26-27-22-35(5,33(42)43)18-17-34(27,4)19-20-37(26,38)7/h9-12,21,23-24,27,29,31H,13-20,22H2,1-8H3,(H,40,41)(H,42,43)/t24-,27+,29+,31-,34-,35+,36+,37-,38-/m1/s1. The Morgan fingerprint density at radius 2 is 1.64 bits per heavy atom. The number of carbonyl (C=O) groups excluding carboxylic acids is 1. The molecule has 0 unspecified atom stereocenters. The molecule has 1 aromatic rings. The average molecular weight is 607 g/mol. The van der Waals surface area contributed by atoms with Gasteiger partial charge in [0.2, 0.25) is 0 Å². The zero-order valence-corrected chi connectivity index (χ0v) is 28.2. The minimum atomic E-state index is -0.999. The first-order valence-electron chi connectivity index (χ1n) is 16.9. The van der Waals surface area contributed by atoms with E-state index in [1.807, 2.05) is 13.0 Å². The minimum Gasteiger partial charge on any atom is -0.489 e. The number of ketones is 1. The molecule has 0 spiro atoms. The molecule has 3 fully saturated rings. The second kappa shape index (κ2) is 11.0. The van der Waals surface area contributed by atoms with Gasteiger partial charge in [0.05, 0.1) is 5.41 Å². The first-order chi connectivity index (χ1) is 20.4. The highest BCUT2D eigenvalue weighted by atomic mass is 16.5. The molecule has 5 rings (SSSR count). The van der Waals surface area contributed by atoms with Crippen LogP contribution < -0.4 is 4.74 Å². The number of carbonyl (C=O) groups is 3. The number of hydrogen-bond donors (Lipinski definition) is 2. The first-order valence-corrected chi connectivity index (χ1v) is 16.9. The van der Waals surface area contributed by atoms with Crippen LogP contribution in [0.15, 0.2) is 35.9 Å². The third kappa shape index (κ3) is 4.94. The van der Waals surface area contributed by atoms with Gasteiger partial charge >= 0.3 is 11.9 Å². The summed E-state index contributed by atoms with van der Waals surface area (Å²) >= 11 is 0. The highest BCUT2D eigenvalue weighted by Gasteiger charge is 2.67. The summed E-state index contributed by atoms with van der Waals surface area (Å²) in [6.07, 6.45) is 9.68. The Kier molecular flexibility index (Phi) is 8.20. The number of ether oxygens (including phenoxy) is 1. The van der Waals surface area contributed by atoms with E-state index in [1.165, 1.54) is 5.57 Å². The first kappa shape index (κ1) is 32.8. The third-order valence-corrected chi connectivity index (χ3v) is 13.9. The lowest BCUT2D eigenvalue weighted by molar-refractivity contribution is -0.167. The van der Waals surface area contributed by atoms with Gasteiger partial charge in [-0.2, -0.15) is 0 Å². The molecule has 1 aromatic carbocycles. The molecule has 2 N–H and O–H groups in total. The fraction of sp³-hybridized carbons (Fsp3) is 0.711. The molecule has 0 aromatic heterocycles. The van der Waals surface area contributed by atoms with Crippen molar-refractivity contribution in [2.24, 2.45) is 50.7 Å². The second-order valence-electron chi connectivity index (χ2n) is 16.6. The van der Waals surface area contributed by atoms with E-state index in [1.54, 1.807) is 24.3 Å². The maximum atomic E-state index is 14.6. The Morgan fingerprint density at radius 3 is 2.27 bits per heavy atom. The Labute approximate surface area is 264 Å². The van der Waals surface area contributed by atoms with Gasteiger partial charge in [0.15, 0.2) is 5.78 Å². The summed E-state index contributed by atoms with van der Waals surface area (Å²) in [5.74, 6) is -0.610. The van der Waals surface area contributed by atoms with E-state index in [2.05, 4.69) is 48.5 Å². The summed E-state index contributed by atoms with van der Waals surface area (Å²) < 4.78 is 6.42. The zero-order valence-electron chi connectivity index (χ0n) is 28.2. The van der Waals surface area contributed by atoms with Gasteiger partial charge in [-0.25, -0.2) is 4.79 Å². The highest BCUT2D eigenvalue weighted by molar-refractivity contribution is 5.95. The SMILES string of the molecule is CC(C)[C@H](CC[C@@]1(C)[C@H](C)CC[C@]2(C)[C@@H]1C(=O)C=C1[C@@H]3C[C@@](C)(C(=O)O)CC[C@]3(C)CC[C@]12C)Oc1ccccc1C(=O)O. The number of hydrogen-bond acceptors (Lipinski definition) is 4. The molecule has 0 aliphatic heterocycles. The Bertz CT molecular complexity index is 1360. The van der Waals surface area contributed by atoms with Crippen LogP contribution in [0, 0.1) is 50.7 Å². The molecule has 9 atom stereocenters. The van der Waals surface area contributed by atoms with Gasteiger partial charge in [0.25, 0.3) is 0 Å². The van der Waals surface area contributed by atoms with Gasteiger partial charge < -0.3 is 14.9 Å². The van der Waals surface area contributed by atoms with Crippen molar-refractivity contribution >= 4 is 17.7 Å². The van der Waals surface area contributed by atoms with E-state index < -0.39 is 17.4 Å². The van der Waals surface area contributed by atoms with Gasteiger partial charge in [-0.15, -0.1) is 0 Å². The third-order valence-electron chi connectivity index (χ3n) is 13.9. The van der Waals surface area contributed by atoms with Crippen molar-refractivity contribution in [1.29, 1.82) is 0 Å². The maximum absolute atomic E-state index is 14.6. The van der Waals surface area contributed by atoms with Crippen LogP contribution in [0.4, 0.5) is 0 Å². The van der Waals surface area contributed by atoms with Crippen molar-refractivity contribution in [1.82, 2.24) is 0 Å². The highest BCUT2D eigenvalue weighted by Crippen LogP contribution is 2.73. The van der Waals surface area contributed by atoms with E-state index in [0.717, 1.165) is 44.9 Å². The van der Waals surface area contributed by atoms with Gasteiger partial charge in [0, 0.05) is 5.92 Å². The average Bonchev–Trinajstić information content (AvgIpc) is 2.95. The van der Waals surface area contributed by atoms with Crippen LogP contribution in [0.1, 0.15) is 124 Å². The van der Waals surface area contributed by atoms with Crippen LogP contribution in [0.25, 0.3) is 0 Å². The van der Waals surface area contributed by atoms with E-state index >= 15 is 0 Å². The molecule has 3 saturated carbocycles. The van der Waals surface area contributed by atoms with Crippen molar-refractivity contribution in [3.8, 4) is 5.75 Å². The van der Waals surface area contributed by atoms with E-state index in [9.17, 15) is 24.6 Å². The number of fused-ring (bicyclic) bond motifs is 5. The van der Waals surface area contributed by atoms with Crippen LogP contribution in [0.5, 0.6) is 5.75 Å². The number of aliphatic carboxylic acids is 1. The summed E-state index contributed by atoms with van der Waals surface area (Å²) in [5, 5.41) is 19.9. The summed E-state index contributed by atoms with van der Waals surface area (Å²) in [7, 11) is 0. The number of allylic oxidation sites excluding steroid dienone is 2. The van der Waals surface area contributed by atoms with E-state index in [0.29, 0.717) is 24.5 Å². The molecule has 0 radical (unpaired) electrons. The Hall–Kier alpha value is -2.63. The van der Waals surface area contributed by atoms with Gasteiger partial charge in [-0.1, -0.05) is 66.2 Å². The lowest BCUT2D eigenvalue weighted by Crippen LogP contribution is -2.63. The van der Waals surface area contributed by atoms with Crippen LogP contribution in [0.3, 0.4) is 0 Å². The van der Waals surface area contributed by atoms with Crippen molar-refractivity contribution in [3.63, 3.8) is 0 Å². The van der Waals surface area contributed by atoms with Crippen LogP contribution in [0.2, 0.25) is 0 Å². The molecule has 0 amide bonds. The van der Waals surface area contributed by atoms with Gasteiger partial charge in [0.1, 0.15) is 17.4 Å². The fourth-order valence-electron chi connectivity index (χ4n) is 10.2. The summed E-state index contributed by atoms with van der Waals surface area (Å²) in [6.45, 7) is 17.8. The largest absolute Gasteiger partial charge is 0.489 e. The molecular weight excluding hydrogens is 552 g/mol. The molecule has 6 heteroatoms. The van der Waals surface area contributed by atoms with Crippen LogP contribution in [-0.4, -0.2) is 34.0 Å². The Morgan fingerprint density at radius 1 is 0.977 bits per heavy atom. The lowest BCUT2D eigenvalue weighted by atomic mass is 9.35. The molecular formula is C38H54O6. The van der Waals surface area contributed by atoms with Crippen LogP contribution in [-0.2, 0) is 9.59 Å². The van der Waals surface area contributed by atoms with Crippen molar-refractivity contribution in [2.75, 3.05) is 0 Å². The molecule has 0 saturated heterocycles. The molecule has 6 nitrogen and oxygen atoms in total. The molecule has 0 bridgehead atoms. The molecule has 0 heterocycles. The van der Waals surface area contributed by atoms with Crippen molar-refractivity contribution < 1.29 is 29.3 Å². The molecule has 4 aliphatic rings. The minimum absolute atomic E-state index is 0.0309. The number of rotatable bonds is 8. The number of para-hydroxylation sites is 1. The summed E-state index contributed by atoms with van der Waals surface area (Å²) in [6, 6.07) is 6.83. The van der Waals surface area contributed by atoms with E-state index in [-0.39, 0.29) is 56.9 Å². The van der Waals surface area contributed by atoms with E-state index in [4.69, 9.17) is 4.74 Å². The monoisotopic (exact) mass is 606 g/mol. The molecule has 242 valence electrons. The smallest absolute Gasteiger partial charge is 0.339 e. The molecule has 44 heavy (non-hydrogen) atoms. The predicted octanol–water partition coefficient (Wildman–Crippen LogP) is 8.83. The Balaban J connectivity index is 1.48. The van der Waals surface area contributed by atoms with Crippen LogP contribution >= 0.6 is 0 Å². The van der Waals surface area contributed by atoms with Gasteiger partial charge in [-0.3, -0.25) is 9.59 Å². The predicted molar refractivity (Wildman–Crippen MR) is 172 cm³/mol. The topological polar surface area (TPSA) is 101 Å². The summed E-state index contributed by atoms with van der Waals surface area (Å²) in [4.78, 5) is 38.8. The second-order valence-corrected chi connectivity index (χ2v) is 16.6. The quantitative estimate of drug-likeness (QED) is 0.307. The molecule has 4 aliphatic carbocycles. The number of carboxylic acid groups (broad SMARTS) is 2. The lowest BCUT2D eigenvalue weighted by Gasteiger charge is -2.68. The number of carboxylic acids is 2. The van der Waals surface area contributed by atoms with Crippen molar-refractivity contribution in [3.05, 3.63) is 41.5 Å². The van der Waals surface area contributed by atoms with Crippen molar-refractivity contribution in [2.45, 2.75) is 119 Å². The number of benzene rings is 1.